The lowest BCUT2D eigenvalue weighted by atomic mass is 10.2. The molecule has 0 aromatic heterocycles. The second-order valence-electron chi connectivity index (χ2n) is 5.69. The van der Waals surface area contributed by atoms with Crippen molar-refractivity contribution in [1.82, 2.24) is 5.32 Å². The molecule has 23 heavy (non-hydrogen) atoms. The predicted molar refractivity (Wildman–Crippen MR) is 91.5 cm³/mol. The number of ether oxygens (including phenoxy) is 1. The van der Waals surface area contributed by atoms with Crippen LogP contribution in [-0.4, -0.2) is 25.3 Å². The zero-order valence-corrected chi connectivity index (χ0v) is 13.5. The number of carbonyl (C=O) groups excluding carboxylic acids is 1. The van der Waals surface area contributed by atoms with E-state index in [0.717, 1.165) is 40.6 Å². The normalized spacial score (nSPS) is 19.1. The molecule has 0 saturated carbocycles. The number of para-hydroxylation sites is 2. The van der Waals surface area contributed by atoms with E-state index in [0.29, 0.717) is 6.54 Å². The molecule has 5 heteroatoms. The summed E-state index contributed by atoms with van der Waals surface area (Å²) in [5, 5.41) is 3.03. The molecule has 2 aromatic carbocycles. The second-order valence-corrected chi connectivity index (χ2v) is 6.78. The van der Waals surface area contributed by atoms with Crippen LogP contribution < -0.4 is 10.2 Å². The molecule has 1 N–H and O–H groups in total. The average molecular weight is 326 g/mol. The monoisotopic (exact) mass is 326 g/mol. The molecule has 2 amide bonds. The van der Waals surface area contributed by atoms with Crippen molar-refractivity contribution in [2.24, 2.45) is 0 Å². The summed E-state index contributed by atoms with van der Waals surface area (Å²) in [7, 11) is 0. The molecule has 2 aromatic rings. The van der Waals surface area contributed by atoms with Gasteiger partial charge in [-0.25, -0.2) is 4.79 Å². The fourth-order valence-corrected chi connectivity index (χ4v) is 4.07. The molecular formula is C18H18N2O2S. The number of carbonyl (C=O) groups is 1. The number of rotatable bonds is 2. The summed E-state index contributed by atoms with van der Waals surface area (Å²) in [5.74, 6) is 0. The number of fused-ring (bicyclic) bond motifs is 2. The SMILES string of the molecule is O=C(NCC1CCCO1)N1c2ccccc2Sc2ccccc21. The van der Waals surface area contributed by atoms with Crippen molar-refractivity contribution in [3.8, 4) is 0 Å². The van der Waals surface area contributed by atoms with E-state index in [9.17, 15) is 4.79 Å². The number of urea groups is 1. The third-order valence-electron chi connectivity index (χ3n) is 4.14. The molecule has 0 spiro atoms. The predicted octanol–water partition coefficient (Wildman–Crippen LogP) is 4.18. The molecule has 1 saturated heterocycles. The third-order valence-corrected chi connectivity index (χ3v) is 5.27. The van der Waals surface area contributed by atoms with Crippen molar-refractivity contribution >= 4 is 29.2 Å². The maximum absolute atomic E-state index is 12.8. The molecule has 2 aliphatic rings. The van der Waals surface area contributed by atoms with E-state index in [1.54, 1.807) is 16.7 Å². The number of benzene rings is 2. The van der Waals surface area contributed by atoms with Crippen molar-refractivity contribution in [2.45, 2.75) is 28.7 Å². The molecule has 2 heterocycles. The van der Waals surface area contributed by atoms with Gasteiger partial charge in [-0.3, -0.25) is 4.90 Å². The Morgan fingerprint density at radius 2 is 1.78 bits per heavy atom. The molecule has 4 nitrogen and oxygen atoms in total. The van der Waals surface area contributed by atoms with E-state index in [-0.39, 0.29) is 12.1 Å². The number of nitrogens with one attached hydrogen (secondary N) is 1. The van der Waals surface area contributed by atoms with E-state index >= 15 is 0 Å². The molecular weight excluding hydrogens is 308 g/mol. The van der Waals surface area contributed by atoms with E-state index in [2.05, 4.69) is 17.4 Å². The van der Waals surface area contributed by atoms with Gasteiger partial charge < -0.3 is 10.1 Å². The van der Waals surface area contributed by atoms with Crippen LogP contribution in [0, 0.1) is 0 Å². The largest absolute Gasteiger partial charge is 0.376 e. The van der Waals surface area contributed by atoms with Crippen LogP contribution in [0.25, 0.3) is 0 Å². The lowest BCUT2D eigenvalue weighted by Gasteiger charge is -2.31. The van der Waals surface area contributed by atoms with Crippen LogP contribution in [0.4, 0.5) is 16.2 Å². The Morgan fingerprint density at radius 3 is 2.39 bits per heavy atom. The van der Waals surface area contributed by atoms with Crippen LogP contribution >= 0.6 is 11.8 Å². The Hall–Kier alpha value is -1.98. The van der Waals surface area contributed by atoms with Gasteiger partial charge in [-0.2, -0.15) is 0 Å². The number of anilines is 2. The Labute approximate surface area is 139 Å². The third kappa shape index (κ3) is 2.82. The van der Waals surface area contributed by atoms with Gasteiger partial charge in [0.15, 0.2) is 0 Å². The van der Waals surface area contributed by atoms with Gasteiger partial charge in [0.1, 0.15) is 0 Å². The van der Waals surface area contributed by atoms with Gasteiger partial charge in [0.2, 0.25) is 0 Å². The summed E-state index contributed by atoms with van der Waals surface area (Å²) in [6.45, 7) is 1.36. The Kier molecular flexibility index (Phi) is 3.97. The van der Waals surface area contributed by atoms with Crippen LogP contribution in [0.2, 0.25) is 0 Å². The Balaban J connectivity index is 1.62. The Bertz CT molecular complexity index is 683. The van der Waals surface area contributed by atoms with Crippen LogP contribution in [0.3, 0.4) is 0 Å². The molecule has 1 atom stereocenters. The van der Waals surface area contributed by atoms with Crippen LogP contribution in [0.15, 0.2) is 58.3 Å². The van der Waals surface area contributed by atoms with Crippen molar-refractivity contribution in [3.63, 3.8) is 0 Å². The fourth-order valence-electron chi connectivity index (χ4n) is 3.01. The van der Waals surface area contributed by atoms with Crippen LogP contribution in [-0.2, 0) is 4.74 Å². The van der Waals surface area contributed by atoms with Gasteiger partial charge in [-0.15, -0.1) is 0 Å². The van der Waals surface area contributed by atoms with Crippen molar-refractivity contribution in [3.05, 3.63) is 48.5 Å². The zero-order valence-electron chi connectivity index (χ0n) is 12.7. The molecule has 0 radical (unpaired) electrons. The minimum absolute atomic E-state index is 0.0966. The van der Waals surface area contributed by atoms with Crippen LogP contribution in [0.5, 0.6) is 0 Å². The minimum Gasteiger partial charge on any atom is -0.376 e. The summed E-state index contributed by atoms with van der Waals surface area (Å²) < 4.78 is 5.59. The molecule has 4 rings (SSSR count). The highest BCUT2D eigenvalue weighted by molar-refractivity contribution is 7.99. The van der Waals surface area contributed by atoms with Gasteiger partial charge >= 0.3 is 6.03 Å². The second kappa shape index (κ2) is 6.26. The lowest BCUT2D eigenvalue weighted by Crippen LogP contribution is -2.41. The van der Waals surface area contributed by atoms with Gasteiger partial charge in [-0.1, -0.05) is 36.0 Å². The van der Waals surface area contributed by atoms with Crippen molar-refractivity contribution in [2.75, 3.05) is 18.1 Å². The molecule has 1 fully saturated rings. The van der Waals surface area contributed by atoms with E-state index in [1.807, 2.05) is 36.4 Å². The Morgan fingerprint density at radius 1 is 1.13 bits per heavy atom. The van der Waals surface area contributed by atoms with Gasteiger partial charge in [0.25, 0.3) is 0 Å². The van der Waals surface area contributed by atoms with E-state index < -0.39 is 0 Å². The van der Waals surface area contributed by atoms with Gasteiger partial charge in [-0.05, 0) is 37.1 Å². The summed E-state index contributed by atoms with van der Waals surface area (Å²) in [6, 6.07) is 15.9. The highest BCUT2D eigenvalue weighted by Gasteiger charge is 2.28. The highest BCUT2D eigenvalue weighted by Crippen LogP contribution is 2.47. The standard InChI is InChI=1S/C18H18N2O2S/c21-18(19-12-13-6-5-11-22-13)20-14-7-1-3-9-16(14)23-17-10-4-2-8-15(17)20/h1-4,7-10,13H,5-6,11-12H2,(H,19,21). The number of hydrogen-bond donors (Lipinski definition) is 1. The number of hydrogen-bond acceptors (Lipinski definition) is 3. The lowest BCUT2D eigenvalue weighted by molar-refractivity contribution is 0.112. The summed E-state index contributed by atoms with van der Waals surface area (Å²) in [4.78, 5) is 16.8. The topological polar surface area (TPSA) is 41.6 Å². The number of amides is 2. The van der Waals surface area contributed by atoms with Crippen LogP contribution in [0.1, 0.15) is 12.8 Å². The smallest absolute Gasteiger partial charge is 0.326 e. The average Bonchev–Trinajstić information content (AvgIpc) is 3.11. The first kappa shape index (κ1) is 14.6. The fraction of sp³-hybridized carbons (Fsp3) is 0.278. The maximum Gasteiger partial charge on any atom is 0.326 e. The first-order chi connectivity index (χ1) is 11.3. The highest BCUT2D eigenvalue weighted by atomic mass is 32.2. The molecule has 2 aliphatic heterocycles. The van der Waals surface area contributed by atoms with Crippen molar-refractivity contribution < 1.29 is 9.53 Å². The van der Waals surface area contributed by atoms with Crippen molar-refractivity contribution in [1.29, 1.82) is 0 Å². The molecule has 1 unspecified atom stereocenters. The zero-order chi connectivity index (χ0) is 15.6. The van der Waals surface area contributed by atoms with E-state index in [4.69, 9.17) is 4.74 Å². The first-order valence-electron chi connectivity index (χ1n) is 7.88. The quantitative estimate of drug-likeness (QED) is 0.900. The maximum atomic E-state index is 12.8. The summed E-state index contributed by atoms with van der Waals surface area (Å²) in [6.07, 6.45) is 2.24. The number of nitrogens with zero attached hydrogens (tertiary/aromatic N) is 1. The first-order valence-corrected chi connectivity index (χ1v) is 8.70. The van der Waals surface area contributed by atoms with Gasteiger partial charge in [0.05, 0.1) is 17.5 Å². The minimum atomic E-state index is -0.0966. The summed E-state index contributed by atoms with van der Waals surface area (Å²) >= 11 is 1.70. The summed E-state index contributed by atoms with van der Waals surface area (Å²) in [5.41, 5.74) is 1.86. The van der Waals surface area contributed by atoms with E-state index in [1.165, 1.54) is 0 Å². The van der Waals surface area contributed by atoms with Gasteiger partial charge in [0, 0.05) is 22.9 Å². The molecule has 0 bridgehead atoms. The molecule has 0 aliphatic carbocycles. The molecule has 118 valence electrons.